The van der Waals surface area contributed by atoms with Gasteiger partial charge < -0.3 is 14.9 Å². The average molecular weight is 405 g/mol. The normalized spacial score (nSPS) is 46.2. The molecular weight excluding hydrogens is 372 g/mol. The van der Waals surface area contributed by atoms with Crippen LogP contribution in [0.3, 0.4) is 0 Å². The van der Waals surface area contributed by atoms with Gasteiger partial charge >= 0.3 is 5.97 Å². The van der Waals surface area contributed by atoms with Crippen molar-refractivity contribution in [3.63, 3.8) is 0 Å². The predicted octanol–water partition coefficient (Wildman–Crippen LogP) is 2.35. The van der Waals surface area contributed by atoms with Crippen LogP contribution in [0.1, 0.15) is 65.7 Å². The Morgan fingerprint density at radius 3 is 2.62 bits per heavy atom. The Balaban J connectivity index is 1.65. The molecule has 6 nitrogen and oxygen atoms in total. The Morgan fingerprint density at radius 1 is 1.21 bits per heavy atom. The van der Waals surface area contributed by atoms with Crippen LogP contribution in [0.25, 0.3) is 0 Å². The van der Waals surface area contributed by atoms with Gasteiger partial charge in [0.25, 0.3) is 0 Å². The van der Waals surface area contributed by atoms with E-state index in [0.29, 0.717) is 19.3 Å². The highest BCUT2D eigenvalue weighted by molar-refractivity contribution is 5.92. The summed E-state index contributed by atoms with van der Waals surface area (Å²) < 4.78 is 4.89. The second-order valence-electron chi connectivity index (χ2n) is 10.2. The zero-order valence-corrected chi connectivity index (χ0v) is 17.6. The predicted molar refractivity (Wildman–Crippen MR) is 105 cm³/mol. The fraction of sp³-hybridized carbons (Fsp3) is 0.783. The molecule has 4 rings (SSSR count). The van der Waals surface area contributed by atoms with Gasteiger partial charge in [-0.2, -0.15) is 0 Å². The van der Waals surface area contributed by atoms with Gasteiger partial charge in [-0.05, 0) is 67.8 Å². The Labute approximate surface area is 171 Å². The molecule has 0 bridgehead atoms. The largest absolute Gasteiger partial charge is 0.458 e. The summed E-state index contributed by atoms with van der Waals surface area (Å²) in [4.78, 5) is 36.0. The minimum atomic E-state index is -1.58. The van der Waals surface area contributed by atoms with Gasteiger partial charge in [0, 0.05) is 18.8 Å². The molecule has 4 aliphatic carbocycles. The second kappa shape index (κ2) is 6.74. The summed E-state index contributed by atoms with van der Waals surface area (Å²) >= 11 is 0. The Hall–Kier alpha value is -1.53. The molecule has 0 saturated heterocycles. The van der Waals surface area contributed by atoms with Crippen LogP contribution in [0.4, 0.5) is 0 Å². The van der Waals surface area contributed by atoms with Crippen molar-refractivity contribution in [2.24, 2.45) is 28.6 Å². The first-order valence-corrected chi connectivity index (χ1v) is 10.8. The van der Waals surface area contributed by atoms with Gasteiger partial charge in [0.2, 0.25) is 5.78 Å². The Morgan fingerprint density at radius 2 is 1.93 bits per heavy atom. The highest BCUT2D eigenvalue weighted by atomic mass is 16.5. The van der Waals surface area contributed by atoms with E-state index >= 15 is 0 Å². The van der Waals surface area contributed by atoms with Crippen molar-refractivity contribution >= 4 is 17.5 Å². The lowest BCUT2D eigenvalue weighted by molar-refractivity contribution is -0.184. The number of carbonyl (C=O) groups excluding carboxylic acids is 3. The second-order valence-corrected chi connectivity index (χ2v) is 10.2. The first-order chi connectivity index (χ1) is 13.5. The third-order valence-electron chi connectivity index (χ3n) is 8.92. The van der Waals surface area contributed by atoms with E-state index in [2.05, 4.69) is 6.92 Å². The maximum Gasteiger partial charge on any atom is 0.303 e. The topological polar surface area (TPSA) is 101 Å². The van der Waals surface area contributed by atoms with Crippen LogP contribution < -0.4 is 0 Å². The minimum Gasteiger partial charge on any atom is -0.458 e. The van der Waals surface area contributed by atoms with Crippen molar-refractivity contribution in [2.45, 2.75) is 77.4 Å². The number of esters is 1. The molecule has 0 aliphatic heterocycles. The van der Waals surface area contributed by atoms with Crippen molar-refractivity contribution in [3.05, 3.63) is 11.6 Å². The first-order valence-electron chi connectivity index (χ1n) is 10.8. The molecular formula is C23H32O6. The SMILES string of the molecule is CC(=O)OCC(=O)[C@]1(O)CC[C@@H]2[C@H]3CCC4=CC(=O)CC[C@]4(C)[C@@H]3[C@H](O)C[C@@]21C. The number of hydrogen-bond acceptors (Lipinski definition) is 6. The molecule has 0 radical (unpaired) electrons. The fourth-order valence-corrected chi connectivity index (χ4v) is 7.44. The summed E-state index contributed by atoms with van der Waals surface area (Å²) in [6.45, 7) is 4.92. The van der Waals surface area contributed by atoms with E-state index in [1.54, 1.807) is 6.08 Å². The molecule has 160 valence electrons. The molecule has 2 N–H and O–H groups in total. The Bertz CT molecular complexity index is 786. The zero-order chi connectivity index (χ0) is 21.2. The number of allylic oxidation sites excluding steroid dienone is 1. The molecule has 7 atom stereocenters. The molecule has 3 fully saturated rings. The molecule has 0 heterocycles. The van der Waals surface area contributed by atoms with Crippen molar-refractivity contribution in [2.75, 3.05) is 6.61 Å². The average Bonchev–Trinajstić information content (AvgIpc) is 2.91. The van der Waals surface area contributed by atoms with Crippen LogP contribution in [0.5, 0.6) is 0 Å². The number of ketones is 2. The number of ether oxygens (including phenoxy) is 1. The van der Waals surface area contributed by atoms with Gasteiger partial charge in [0.05, 0.1) is 6.10 Å². The summed E-state index contributed by atoms with van der Waals surface area (Å²) in [5, 5.41) is 22.8. The molecule has 3 saturated carbocycles. The summed E-state index contributed by atoms with van der Waals surface area (Å²) in [7, 11) is 0. The minimum absolute atomic E-state index is 0.0413. The van der Waals surface area contributed by atoms with Crippen LogP contribution >= 0.6 is 0 Å². The maximum atomic E-state index is 12.9. The quantitative estimate of drug-likeness (QED) is 0.701. The molecule has 0 spiro atoms. The lowest BCUT2D eigenvalue weighted by Gasteiger charge is -2.60. The number of aliphatic hydroxyl groups is 2. The molecule has 4 aliphatic rings. The van der Waals surface area contributed by atoms with Crippen molar-refractivity contribution in [1.29, 1.82) is 0 Å². The molecule has 0 amide bonds. The van der Waals surface area contributed by atoms with E-state index in [1.807, 2.05) is 6.92 Å². The van der Waals surface area contributed by atoms with E-state index in [-0.39, 0.29) is 29.0 Å². The number of rotatable bonds is 3. The fourth-order valence-electron chi connectivity index (χ4n) is 7.44. The van der Waals surface area contributed by atoms with Crippen LogP contribution in [0.15, 0.2) is 11.6 Å². The van der Waals surface area contributed by atoms with Gasteiger partial charge in [0.1, 0.15) is 5.60 Å². The number of fused-ring (bicyclic) bond motifs is 5. The van der Waals surface area contributed by atoms with Crippen molar-refractivity contribution < 1.29 is 29.3 Å². The number of aliphatic hydroxyl groups excluding tert-OH is 1. The lowest BCUT2D eigenvalue weighted by Crippen LogP contribution is -2.62. The van der Waals surface area contributed by atoms with Crippen molar-refractivity contribution in [3.8, 4) is 0 Å². The summed E-state index contributed by atoms with van der Waals surface area (Å²) in [5.41, 5.74) is -1.36. The van der Waals surface area contributed by atoms with E-state index in [4.69, 9.17) is 4.74 Å². The molecule has 0 aromatic carbocycles. The molecule has 0 aromatic rings. The number of hydrogen-bond donors (Lipinski definition) is 2. The van der Waals surface area contributed by atoms with E-state index in [1.165, 1.54) is 6.92 Å². The van der Waals surface area contributed by atoms with Crippen LogP contribution in [-0.2, 0) is 19.1 Å². The lowest BCUT2D eigenvalue weighted by atomic mass is 9.45. The number of carbonyl (C=O) groups is 3. The van der Waals surface area contributed by atoms with Gasteiger partial charge in [-0.1, -0.05) is 19.4 Å². The molecule has 0 aromatic heterocycles. The van der Waals surface area contributed by atoms with Crippen LogP contribution in [0.2, 0.25) is 0 Å². The third-order valence-corrected chi connectivity index (χ3v) is 8.92. The van der Waals surface area contributed by atoms with Crippen LogP contribution in [-0.4, -0.2) is 46.1 Å². The third kappa shape index (κ3) is 2.86. The van der Waals surface area contributed by atoms with Gasteiger partial charge in [-0.15, -0.1) is 0 Å². The van der Waals surface area contributed by atoms with E-state index in [0.717, 1.165) is 31.3 Å². The van der Waals surface area contributed by atoms with E-state index in [9.17, 15) is 24.6 Å². The summed E-state index contributed by atoms with van der Waals surface area (Å²) in [6, 6.07) is 0. The summed E-state index contributed by atoms with van der Waals surface area (Å²) in [6.07, 6.45) is 5.54. The standard InChI is InChI=1S/C23H32O6/c1-13(24)29-12-19(27)23(28)9-7-17-16-5-4-14-10-15(25)6-8-21(14,2)20(16)18(26)11-22(17,23)3/h10,16-18,20,26,28H,4-9,11-12H2,1-3H3/t16-,17-,18-,20+,21+,22+,23-/m1/s1. The smallest absolute Gasteiger partial charge is 0.303 e. The highest BCUT2D eigenvalue weighted by Gasteiger charge is 2.68. The molecule has 0 unspecified atom stereocenters. The van der Waals surface area contributed by atoms with Crippen molar-refractivity contribution in [1.82, 2.24) is 0 Å². The molecule has 6 heteroatoms. The summed E-state index contributed by atoms with van der Waals surface area (Å²) in [5.74, 6) is -0.462. The first kappa shape index (κ1) is 20.7. The maximum absolute atomic E-state index is 12.9. The van der Waals surface area contributed by atoms with Gasteiger partial charge in [-0.25, -0.2) is 0 Å². The number of Topliss-reactive ketones (excluding diaryl/α,β-unsaturated/α-hetero) is 1. The van der Waals surface area contributed by atoms with Gasteiger partial charge in [-0.3, -0.25) is 14.4 Å². The highest BCUT2D eigenvalue weighted by Crippen LogP contribution is 2.67. The monoisotopic (exact) mass is 404 g/mol. The van der Waals surface area contributed by atoms with E-state index < -0.39 is 35.5 Å². The van der Waals surface area contributed by atoms with Crippen LogP contribution in [0, 0.1) is 28.6 Å². The zero-order valence-electron chi connectivity index (χ0n) is 17.6. The molecule has 29 heavy (non-hydrogen) atoms. The Kier molecular flexibility index (Phi) is 4.82. The van der Waals surface area contributed by atoms with Gasteiger partial charge in [0.15, 0.2) is 12.4 Å².